The molecule has 2 fully saturated rings. The van der Waals surface area contributed by atoms with Crippen molar-refractivity contribution < 1.29 is 14.7 Å². The van der Waals surface area contributed by atoms with Crippen molar-refractivity contribution in [1.82, 2.24) is 4.90 Å². The Hall–Kier alpha value is -0.900. The van der Waals surface area contributed by atoms with Crippen LogP contribution >= 0.6 is 0 Å². The van der Waals surface area contributed by atoms with Gasteiger partial charge in [-0.15, -0.1) is 0 Å². The molecule has 1 heterocycles. The Morgan fingerprint density at radius 3 is 2.56 bits per heavy atom. The Balaban J connectivity index is 2.22. The number of piperidine rings is 1. The largest absolute Gasteiger partial charge is 0.396 e. The van der Waals surface area contributed by atoms with E-state index in [9.17, 15) is 9.59 Å². The number of hydrogen-bond acceptors (Lipinski definition) is 3. The second-order valence-corrected chi connectivity index (χ2v) is 6.37. The van der Waals surface area contributed by atoms with Gasteiger partial charge in [0.25, 0.3) is 0 Å². The summed E-state index contributed by atoms with van der Waals surface area (Å²) in [4.78, 5) is 26.4. The standard InChI is InChI=1S/C14H23NO3/c1-13(2)10-6-7-14(13,3)12(18)15(11(10)17)8-4-5-9-16/h10,16H,4-9H2,1-3H3. The second kappa shape index (κ2) is 4.34. The number of fused-ring (bicyclic) bond motifs is 2. The minimum atomic E-state index is -0.398. The lowest BCUT2D eigenvalue weighted by Gasteiger charge is -2.47. The van der Waals surface area contributed by atoms with Crippen LogP contribution in [0, 0.1) is 16.7 Å². The third kappa shape index (κ3) is 1.62. The molecule has 1 aliphatic carbocycles. The Morgan fingerprint density at radius 2 is 1.94 bits per heavy atom. The van der Waals surface area contributed by atoms with E-state index in [1.807, 2.05) is 20.8 Å². The van der Waals surface area contributed by atoms with E-state index in [1.165, 1.54) is 4.90 Å². The Labute approximate surface area is 108 Å². The molecule has 2 bridgehead atoms. The molecule has 0 radical (unpaired) electrons. The lowest BCUT2D eigenvalue weighted by atomic mass is 9.62. The summed E-state index contributed by atoms with van der Waals surface area (Å²) in [6.45, 7) is 6.67. The van der Waals surface area contributed by atoms with E-state index in [0.717, 1.165) is 12.8 Å². The molecule has 1 saturated heterocycles. The van der Waals surface area contributed by atoms with Crippen LogP contribution in [-0.4, -0.2) is 35.0 Å². The lowest BCUT2D eigenvalue weighted by Crippen LogP contribution is -2.59. The highest BCUT2D eigenvalue weighted by Gasteiger charge is 2.64. The third-order valence-electron chi connectivity index (χ3n) is 5.30. The van der Waals surface area contributed by atoms with E-state index in [1.54, 1.807) is 0 Å². The van der Waals surface area contributed by atoms with E-state index in [-0.39, 0.29) is 29.8 Å². The fourth-order valence-electron chi connectivity index (χ4n) is 3.49. The first-order chi connectivity index (χ1) is 8.36. The molecule has 1 N–H and O–H groups in total. The van der Waals surface area contributed by atoms with Crippen molar-refractivity contribution >= 4 is 11.8 Å². The van der Waals surface area contributed by atoms with Crippen LogP contribution in [0.4, 0.5) is 0 Å². The first kappa shape index (κ1) is 13.5. The Morgan fingerprint density at radius 1 is 1.28 bits per heavy atom. The molecule has 2 rings (SSSR count). The van der Waals surface area contributed by atoms with Gasteiger partial charge >= 0.3 is 0 Å². The molecule has 102 valence electrons. The number of unbranched alkanes of at least 4 members (excludes halogenated alkanes) is 1. The van der Waals surface area contributed by atoms with E-state index >= 15 is 0 Å². The molecule has 0 spiro atoms. The van der Waals surface area contributed by atoms with Gasteiger partial charge in [0.1, 0.15) is 0 Å². The average molecular weight is 253 g/mol. The van der Waals surface area contributed by atoms with E-state index < -0.39 is 5.41 Å². The third-order valence-corrected chi connectivity index (χ3v) is 5.30. The zero-order valence-corrected chi connectivity index (χ0v) is 11.5. The summed E-state index contributed by atoms with van der Waals surface area (Å²) >= 11 is 0. The maximum absolute atomic E-state index is 12.6. The molecule has 4 heteroatoms. The molecule has 2 unspecified atom stereocenters. The minimum absolute atomic E-state index is 0.00193. The van der Waals surface area contributed by atoms with Crippen LogP contribution in [0.5, 0.6) is 0 Å². The normalized spacial score (nSPS) is 34.2. The number of carbonyl (C=O) groups is 2. The first-order valence-corrected chi connectivity index (χ1v) is 6.83. The van der Waals surface area contributed by atoms with Crippen LogP contribution < -0.4 is 0 Å². The highest BCUT2D eigenvalue weighted by molar-refractivity contribution is 6.03. The SMILES string of the molecule is CC12CCC(C(=O)N(CCCCO)C1=O)C2(C)C. The van der Waals surface area contributed by atoms with Gasteiger partial charge in [-0.05, 0) is 31.1 Å². The number of rotatable bonds is 4. The van der Waals surface area contributed by atoms with Gasteiger partial charge in [0.05, 0.1) is 5.41 Å². The number of aliphatic hydroxyl groups is 1. The van der Waals surface area contributed by atoms with Crippen molar-refractivity contribution in [1.29, 1.82) is 0 Å². The number of amides is 2. The zero-order valence-electron chi connectivity index (χ0n) is 11.5. The summed E-state index contributed by atoms with van der Waals surface area (Å²) < 4.78 is 0. The van der Waals surface area contributed by atoms with Gasteiger partial charge in [-0.2, -0.15) is 0 Å². The number of imide groups is 1. The second-order valence-electron chi connectivity index (χ2n) is 6.37. The maximum Gasteiger partial charge on any atom is 0.235 e. The fourth-order valence-corrected chi connectivity index (χ4v) is 3.49. The summed E-state index contributed by atoms with van der Waals surface area (Å²) in [6.07, 6.45) is 2.97. The predicted octanol–water partition coefficient (Wildman–Crippen LogP) is 1.57. The van der Waals surface area contributed by atoms with Crippen LogP contribution in [0.3, 0.4) is 0 Å². The monoisotopic (exact) mass is 253 g/mol. The Kier molecular flexibility index (Phi) is 3.26. The number of hydrogen-bond donors (Lipinski definition) is 1. The number of nitrogens with zero attached hydrogens (tertiary/aromatic N) is 1. The maximum atomic E-state index is 12.6. The van der Waals surface area contributed by atoms with E-state index in [4.69, 9.17) is 5.11 Å². The van der Waals surface area contributed by atoms with Crippen molar-refractivity contribution in [2.24, 2.45) is 16.7 Å². The number of carbonyl (C=O) groups excluding carboxylic acids is 2. The van der Waals surface area contributed by atoms with Crippen molar-refractivity contribution in [2.45, 2.75) is 46.5 Å². The van der Waals surface area contributed by atoms with Gasteiger partial charge in [-0.3, -0.25) is 14.5 Å². The summed E-state index contributed by atoms with van der Waals surface area (Å²) in [7, 11) is 0. The highest BCUT2D eigenvalue weighted by atomic mass is 16.3. The quantitative estimate of drug-likeness (QED) is 0.611. The van der Waals surface area contributed by atoms with Gasteiger partial charge in [-0.1, -0.05) is 20.8 Å². The van der Waals surface area contributed by atoms with Crippen molar-refractivity contribution in [3.05, 3.63) is 0 Å². The molecule has 2 amide bonds. The van der Waals surface area contributed by atoms with Crippen LogP contribution in [0.25, 0.3) is 0 Å². The molecule has 0 aromatic heterocycles. The highest BCUT2D eigenvalue weighted by Crippen LogP contribution is 2.59. The predicted molar refractivity (Wildman–Crippen MR) is 67.7 cm³/mol. The number of likely N-dealkylation sites (tertiary alicyclic amines) is 1. The number of aliphatic hydroxyl groups excluding tert-OH is 1. The summed E-state index contributed by atoms with van der Waals surface area (Å²) in [5.74, 6) is -0.0311. The Bertz CT molecular complexity index is 377. The molecule has 1 saturated carbocycles. The van der Waals surface area contributed by atoms with Gasteiger partial charge in [0, 0.05) is 19.1 Å². The fraction of sp³-hybridized carbons (Fsp3) is 0.857. The van der Waals surface area contributed by atoms with Crippen molar-refractivity contribution in [3.63, 3.8) is 0 Å². The minimum Gasteiger partial charge on any atom is -0.396 e. The van der Waals surface area contributed by atoms with Crippen LogP contribution in [0.15, 0.2) is 0 Å². The summed E-state index contributed by atoms with van der Waals surface area (Å²) in [5.41, 5.74) is -0.626. The summed E-state index contributed by atoms with van der Waals surface area (Å²) in [6, 6.07) is 0. The topological polar surface area (TPSA) is 57.6 Å². The van der Waals surface area contributed by atoms with Gasteiger partial charge in [0.15, 0.2) is 0 Å². The average Bonchev–Trinajstić information content (AvgIpc) is 2.49. The van der Waals surface area contributed by atoms with Gasteiger partial charge < -0.3 is 5.11 Å². The van der Waals surface area contributed by atoms with Crippen LogP contribution in [-0.2, 0) is 9.59 Å². The molecule has 0 aromatic carbocycles. The molecule has 18 heavy (non-hydrogen) atoms. The van der Waals surface area contributed by atoms with Crippen LogP contribution in [0.1, 0.15) is 46.5 Å². The summed E-state index contributed by atoms with van der Waals surface area (Å²) in [5, 5.41) is 8.79. The van der Waals surface area contributed by atoms with E-state index in [2.05, 4.69) is 0 Å². The molecule has 2 atom stereocenters. The molecule has 4 nitrogen and oxygen atoms in total. The van der Waals surface area contributed by atoms with Gasteiger partial charge in [-0.25, -0.2) is 0 Å². The van der Waals surface area contributed by atoms with Crippen LogP contribution in [0.2, 0.25) is 0 Å². The molecular formula is C14H23NO3. The van der Waals surface area contributed by atoms with E-state index in [0.29, 0.717) is 19.4 Å². The molecule has 2 aliphatic rings. The van der Waals surface area contributed by atoms with Gasteiger partial charge in [0.2, 0.25) is 11.8 Å². The van der Waals surface area contributed by atoms with Crippen molar-refractivity contribution in [2.75, 3.05) is 13.2 Å². The molecule has 0 aromatic rings. The molecular weight excluding hydrogens is 230 g/mol. The molecule has 1 aliphatic heterocycles. The lowest BCUT2D eigenvalue weighted by molar-refractivity contribution is -0.167. The first-order valence-electron chi connectivity index (χ1n) is 6.83. The smallest absolute Gasteiger partial charge is 0.235 e. The zero-order chi connectivity index (χ0) is 13.6. The van der Waals surface area contributed by atoms with Crippen molar-refractivity contribution in [3.8, 4) is 0 Å².